The van der Waals surface area contributed by atoms with Gasteiger partial charge in [-0.05, 0) is 42.0 Å². The SMILES string of the molecule is CC1(C)C(CC(Br)(Br)Br)C1C(=O)OC(C#N)c1cccc(Oc2ccccc2)c1. The minimum Gasteiger partial charge on any atom is -0.457 e. The fourth-order valence-electron chi connectivity index (χ4n) is 3.57. The Morgan fingerprint density at radius 1 is 1.14 bits per heavy atom. The van der Waals surface area contributed by atoms with E-state index in [9.17, 15) is 10.1 Å². The van der Waals surface area contributed by atoms with Crippen LogP contribution in [0.3, 0.4) is 0 Å². The number of carbonyl (C=O) groups excluding carboxylic acids is 1. The maximum absolute atomic E-state index is 12.8. The number of nitrogens with zero attached hydrogens (tertiary/aromatic N) is 1. The maximum atomic E-state index is 12.8. The van der Waals surface area contributed by atoms with Gasteiger partial charge in [-0.25, -0.2) is 0 Å². The largest absolute Gasteiger partial charge is 0.457 e. The smallest absolute Gasteiger partial charge is 0.311 e. The molecule has 0 saturated heterocycles. The molecule has 3 unspecified atom stereocenters. The van der Waals surface area contributed by atoms with Gasteiger partial charge in [-0.15, -0.1) is 0 Å². The van der Waals surface area contributed by atoms with Gasteiger partial charge >= 0.3 is 5.97 Å². The van der Waals surface area contributed by atoms with Gasteiger partial charge in [0.05, 0.1) is 5.92 Å². The quantitative estimate of drug-likeness (QED) is 0.268. The summed E-state index contributed by atoms with van der Waals surface area (Å²) in [6, 6.07) is 18.5. The van der Waals surface area contributed by atoms with Crippen LogP contribution in [-0.2, 0) is 9.53 Å². The van der Waals surface area contributed by atoms with E-state index in [1.165, 1.54) is 0 Å². The molecule has 0 radical (unpaired) electrons. The third kappa shape index (κ3) is 5.62. The molecule has 0 aromatic heterocycles. The molecule has 29 heavy (non-hydrogen) atoms. The number of halogens is 3. The van der Waals surface area contributed by atoms with Crippen LogP contribution < -0.4 is 4.74 Å². The van der Waals surface area contributed by atoms with Crippen molar-refractivity contribution in [2.24, 2.45) is 17.3 Å². The summed E-state index contributed by atoms with van der Waals surface area (Å²) < 4.78 is 11.0. The second-order valence-corrected chi connectivity index (χ2v) is 14.9. The number of hydrogen-bond acceptors (Lipinski definition) is 4. The second kappa shape index (κ2) is 8.79. The van der Waals surface area contributed by atoms with Crippen LogP contribution in [0.15, 0.2) is 54.6 Å². The summed E-state index contributed by atoms with van der Waals surface area (Å²) in [5.41, 5.74) is 0.399. The van der Waals surface area contributed by atoms with Gasteiger partial charge in [0.2, 0.25) is 6.10 Å². The van der Waals surface area contributed by atoms with Gasteiger partial charge in [0.25, 0.3) is 0 Å². The van der Waals surface area contributed by atoms with Crippen molar-refractivity contribution < 1.29 is 14.3 Å². The molecule has 0 heterocycles. The molecule has 4 nitrogen and oxygen atoms in total. The van der Waals surface area contributed by atoms with Crippen molar-refractivity contribution in [2.75, 3.05) is 0 Å². The normalized spacial score (nSPS) is 21.0. The van der Waals surface area contributed by atoms with Crippen molar-refractivity contribution in [2.45, 2.75) is 28.5 Å². The van der Waals surface area contributed by atoms with Crippen LogP contribution in [0.4, 0.5) is 0 Å². The molecular formula is C22H20Br3NO3. The zero-order valence-corrected chi connectivity index (χ0v) is 20.7. The van der Waals surface area contributed by atoms with Crippen LogP contribution in [0.2, 0.25) is 0 Å². The zero-order valence-electron chi connectivity index (χ0n) is 15.9. The van der Waals surface area contributed by atoms with Crippen LogP contribution in [-0.4, -0.2) is 8.11 Å². The Bertz CT molecular complexity index is 919. The predicted octanol–water partition coefficient (Wildman–Crippen LogP) is 7.09. The van der Waals surface area contributed by atoms with Crippen molar-refractivity contribution in [3.63, 3.8) is 0 Å². The van der Waals surface area contributed by atoms with E-state index < -0.39 is 8.25 Å². The number of hydrogen-bond donors (Lipinski definition) is 0. The molecule has 0 N–H and O–H groups in total. The summed E-state index contributed by atoms with van der Waals surface area (Å²) in [6.07, 6.45) is -0.280. The number of carbonyl (C=O) groups is 1. The number of rotatable bonds is 6. The third-order valence-electron chi connectivity index (χ3n) is 5.25. The Hall–Kier alpha value is -1.36. The van der Waals surface area contributed by atoms with Gasteiger partial charge in [-0.2, -0.15) is 5.26 Å². The van der Waals surface area contributed by atoms with E-state index in [2.05, 4.69) is 53.9 Å². The Balaban J connectivity index is 1.70. The molecule has 0 aliphatic heterocycles. The van der Waals surface area contributed by atoms with Gasteiger partial charge in [-0.1, -0.05) is 92.0 Å². The number of para-hydroxylation sites is 1. The minimum atomic E-state index is -0.986. The highest BCUT2D eigenvalue weighted by Crippen LogP contribution is 2.64. The molecule has 3 rings (SSSR count). The lowest BCUT2D eigenvalue weighted by atomic mass is 10.1. The predicted molar refractivity (Wildman–Crippen MR) is 122 cm³/mol. The van der Waals surface area contributed by atoms with Gasteiger partial charge in [-0.3, -0.25) is 4.79 Å². The fourth-order valence-corrected chi connectivity index (χ4v) is 4.61. The number of ether oxygens (including phenoxy) is 2. The van der Waals surface area contributed by atoms with E-state index >= 15 is 0 Å². The van der Waals surface area contributed by atoms with E-state index in [0.717, 1.165) is 0 Å². The van der Waals surface area contributed by atoms with Crippen LogP contribution in [0, 0.1) is 28.6 Å². The van der Waals surface area contributed by atoms with Gasteiger partial charge in [0, 0.05) is 5.56 Å². The molecule has 0 bridgehead atoms. The monoisotopic (exact) mass is 583 g/mol. The van der Waals surface area contributed by atoms with Crippen LogP contribution >= 0.6 is 47.8 Å². The number of nitriles is 1. The van der Waals surface area contributed by atoms with Crippen molar-refractivity contribution >= 4 is 53.8 Å². The number of alkyl halides is 3. The fraction of sp³-hybridized carbons (Fsp3) is 0.364. The lowest BCUT2D eigenvalue weighted by molar-refractivity contribution is -0.149. The first-order chi connectivity index (χ1) is 13.6. The highest BCUT2D eigenvalue weighted by molar-refractivity contribution is 9.39. The Kier molecular flexibility index (Phi) is 6.77. The average Bonchev–Trinajstić information content (AvgIpc) is 3.18. The molecule has 0 amide bonds. The molecule has 1 aliphatic rings. The molecule has 1 fully saturated rings. The molecule has 3 atom stereocenters. The summed E-state index contributed by atoms with van der Waals surface area (Å²) in [5, 5.41) is 9.60. The Morgan fingerprint density at radius 2 is 1.79 bits per heavy atom. The summed E-state index contributed by atoms with van der Waals surface area (Å²) >= 11 is 10.5. The highest BCUT2D eigenvalue weighted by Gasteiger charge is 2.63. The highest BCUT2D eigenvalue weighted by atomic mass is 80.0. The third-order valence-corrected chi connectivity index (χ3v) is 6.22. The van der Waals surface area contributed by atoms with Gasteiger partial charge in [0.1, 0.15) is 19.7 Å². The van der Waals surface area contributed by atoms with E-state index in [-0.39, 0.29) is 23.2 Å². The molecule has 2 aromatic rings. The first kappa shape index (κ1) is 22.3. The number of esters is 1. The lowest BCUT2D eigenvalue weighted by Gasteiger charge is -2.14. The van der Waals surface area contributed by atoms with Crippen LogP contribution in [0.25, 0.3) is 0 Å². The van der Waals surface area contributed by atoms with E-state index in [0.29, 0.717) is 23.5 Å². The standard InChI is InChI=1S/C22H20Br3NO3/c1-21(2)17(12-22(23,24)25)19(21)20(27)29-18(13-26)14-7-6-10-16(11-14)28-15-8-4-3-5-9-15/h3-11,17-19H,12H2,1-2H3. The summed E-state index contributed by atoms with van der Waals surface area (Å²) in [4.78, 5) is 12.8. The average molecular weight is 586 g/mol. The van der Waals surface area contributed by atoms with Crippen LogP contribution in [0.1, 0.15) is 31.9 Å². The van der Waals surface area contributed by atoms with Crippen molar-refractivity contribution in [1.82, 2.24) is 0 Å². The van der Waals surface area contributed by atoms with Crippen molar-refractivity contribution in [3.05, 3.63) is 60.2 Å². The summed E-state index contributed by atoms with van der Waals surface area (Å²) in [5.74, 6) is 0.810. The topological polar surface area (TPSA) is 59.3 Å². The van der Waals surface area contributed by atoms with Gasteiger partial charge in [0.15, 0.2) is 0 Å². The van der Waals surface area contributed by atoms with E-state index in [1.807, 2.05) is 44.2 Å². The molecule has 0 spiro atoms. The van der Waals surface area contributed by atoms with Crippen LogP contribution in [0.5, 0.6) is 11.5 Å². The molecule has 1 aliphatic carbocycles. The van der Waals surface area contributed by atoms with Crippen molar-refractivity contribution in [1.29, 1.82) is 5.26 Å². The number of benzene rings is 2. The first-order valence-electron chi connectivity index (χ1n) is 9.11. The molecule has 7 heteroatoms. The Morgan fingerprint density at radius 3 is 2.41 bits per heavy atom. The van der Waals surface area contributed by atoms with Gasteiger partial charge < -0.3 is 9.47 Å². The van der Waals surface area contributed by atoms with Crippen molar-refractivity contribution in [3.8, 4) is 17.6 Å². The molecule has 1 saturated carbocycles. The molecular weight excluding hydrogens is 566 g/mol. The summed E-state index contributed by atoms with van der Waals surface area (Å²) in [6.45, 7) is 4.08. The van der Waals surface area contributed by atoms with E-state index in [4.69, 9.17) is 9.47 Å². The zero-order chi connectivity index (χ0) is 21.2. The first-order valence-corrected chi connectivity index (χ1v) is 11.5. The molecule has 2 aromatic carbocycles. The second-order valence-electron chi connectivity index (χ2n) is 7.66. The maximum Gasteiger partial charge on any atom is 0.311 e. The summed E-state index contributed by atoms with van der Waals surface area (Å²) in [7, 11) is 0. The minimum absolute atomic E-state index is 0.139. The lowest BCUT2D eigenvalue weighted by Crippen LogP contribution is -2.15. The van der Waals surface area contributed by atoms with E-state index in [1.54, 1.807) is 24.3 Å². The Labute approximate surface area is 196 Å². The molecule has 152 valence electrons.